The molecule has 0 spiro atoms. The maximum atomic E-state index is 13.5. The summed E-state index contributed by atoms with van der Waals surface area (Å²) in [5, 5.41) is 12.1. The molecular weight excluding hydrogens is 283 g/mol. The summed E-state index contributed by atoms with van der Waals surface area (Å²) in [6, 6.07) is 5.75. The third-order valence-electron chi connectivity index (χ3n) is 3.47. The Kier molecular flexibility index (Phi) is 6.81. The summed E-state index contributed by atoms with van der Waals surface area (Å²) in [4.78, 5) is 14.0. The third-order valence-corrected chi connectivity index (χ3v) is 3.47. The number of hydrogen-bond donors (Lipinski definition) is 2. The van der Waals surface area contributed by atoms with Gasteiger partial charge in [0.1, 0.15) is 5.82 Å². The average molecular weight is 310 g/mol. The van der Waals surface area contributed by atoms with Gasteiger partial charge in [0.15, 0.2) is 0 Å². The molecule has 2 amide bonds. The first-order valence-corrected chi connectivity index (χ1v) is 7.71. The van der Waals surface area contributed by atoms with E-state index in [9.17, 15) is 9.18 Å². The van der Waals surface area contributed by atoms with Gasteiger partial charge in [0.05, 0.1) is 12.6 Å². The smallest absolute Gasteiger partial charge is 0.317 e. The second kappa shape index (κ2) is 8.13. The van der Waals surface area contributed by atoms with Crippen LogP contribution in [0.5, 0.6) is 0 Å². The van der Waals surface area contributed by atoms with Crippen LogP contribution in [0.1, 0.15) is 45.7 Å². The molecular formula is C17H27FN2O2. The molecule has 5 heteroatoms. The first-order valence-electron chi connectivity index (χ1n) is 7.71. The number of urea groups is 1. The highest BCUT2D eigenvalue weighted by molar-refractivity contribution is 5.74. The summed E-state index contributed by atoms with van der Waals surface area (Å²) < 4.78 is 13.5. The molecule has 22 heavy (non-hydrogen) atoms. The van der Waals surface area contributed by atoms with Gasteiger partial charge in [0.2, 0.25) is 0 Å². The van der Waals surface area contributed by atoms with E-state index in [1.165, 1.54) is 12.1 Å². The average Bonchev–Trinajstić information content (AvgIpc) is 2.43. The summed E-state index contributed by atoms with van der Waals surface area (Å²) in [6.07, 6.45) is 0.813. The Morgan fingerprint density at radius 3 is 2.55 bits per heavy atom. The predicted octanol–water partition coefficient (Wildman–Crippen LogP) is 3.33. The molecule has 0 aliphatic rings. The van der Waals surface area contributed by atoms with E-state index < -0.39 is 0 Å². The van der Waals surface area contributed by atoms with Crippen LogP contribution >= 0.6 is 0 Å². The fraction of sp³-hybridized carbons (Fsp3) is 0.588. The van der Waals surface area contributed by atoms with E-state index in [2.05, 4.69) is 5.32 Å². The van der Waals surface area contributed by atoms with Crippen molar-refractivity contribution in [2.75, 3.05) is 19.7 Å². The molecule has 0 aliphatic carbocycles. The zero-order chi connectivity index (χ0) is 16.8. The molecule has 0 saturated heterocycles. The van der Waals surface area contributed by atoms with Gasteiger partial charge in [-0.3, -0.25) is 0 Å². The molecule has 0 saturated carbocycles. The fourth-order valence-corrected chi connectivity index (χ4v) is 2.41. The third kappa shape index (κ3) is 5.30. The first kappa shape index (κ1) is 18.4. The number of halogens is 1. The molecule has 0 aromatic heterocycles. The van der Waals surface area contributed by atoms with Crippen LogP contribution < -0.4 is 5.32 Å². The van der Waals surface area contributed by atoms with Crippen LogP contribution in [0.3, 0.4) is 0 Å². The predicted molar refractivity (Wildman–Crippen MR) is 86.1 cm³/mol. The van der Waals surface area contributed by atoms with Gasteiger partial charge in [0.25, 0.3) is 0 Å². The second-order valence-corrected chi connectivity index (χ2v) is 6.51. The number of aliphatic hydroxyl groups excluding tert-OH is 1. The second-order valence-electron chi connectivity index (χ2n) is 6.51. The molecule has 0 radical (unpaired) electrons. The van der Waals surface area contributed by atoms with Crippen LogP contribution in [-0.4, -0.2) is 35.7 Å². The van der Waals surface area contributed by atoms with Gasteiger partial charge in [-0.15, -0.1) is 0 Å². The van der Waals surface area contributed by atoms with Gasteiger partial charge in [-0.2, -0.15) is 0 Å². The number of hydrogen-bond acceptors (Lipinski definition) is 2. The van der Waals surface area contributed by atoms with Crippen molar-refractivity contribution < 1.29 is 14.3 Å². The van der Waals surface area contributed by atoms with E-state index in [1.54, 1.807) is 11.0 Å². The Bertz CT molecular complexity index is 480. The lowest BCUT2D eigenvalue weighted by atomic mass is 9.82. The van der Waals surface area contributed by atoms with E-state index in [0.29, 0.717) is 13.1 Å². The highest BCUT2D eigenvalue weighted by Crippen LogP contribution is 2.33. The first-order chi connectivity index (χ1) is 10.3. The minimum Gasteiger partial charge on any atom is -0.395 e. The Morgan fingerprint density at radius 1 is 1.36 bits per heavy atom. The Morgan fingerprint density at radius 2 is 2.05 bits per heavy atom. The summed E-state index contributed by atoms with van der Waals surface area (Å²) >= 11 is 0. The zero-order valence-electron chi connectivity index (χ0n) is 13.9. The molecule has 0 heterocycles. The molecule has 0 fully saturated rings. The van der Waals surface area contributed by atoms with Crippen LogP contribution in [0.15, 0.2) is 24.3 Å². The summed E-state index contributed by atoms with van der Waals surface area (Å²) in [6.45, 7) is 8.77. The molecule has 124 valence electrons. The number of benzene rings is 1. The van der Waals surface area contributed by atoms with Crippen LogP contribution in [-0.2, 0) is 0 Å². The van der Waals surface area contributed by atoms with Gasteiger partial charge >= 0.3 is 6.03 Å². The number of carbonyl (C=O) groups excluding carboxylic acids is 1. The molecule has 2 N–H and O–H groups in total. The van der Waals surface area contributed by atoms with Crippen molar-refractivity contribution in [2.24, 2.45) is 5.41 Å². The lowest BCUT2D eigenvalue weighted by Gasteiger charge is -2.34. The standard InChI is InChI=1S/C17H27FN2O2/c1-5-9-20(10-11-21)16(22)19-15(17(2,3)4)13-7-6-8-14(18)12-13/h6-8,12,15,21H,5,9-11H2,1-4H3,(H,19,22). The maximum absolute atomic E-state index is 13.5. The van der Waals surface area contributed by atoms with Crippen molar-refractivity contribution in [3.05, 3.63) is 35.6 Å². The summed E-state index contributed by atoms with van der Waals surface area (Å²) in [5.74, 6) is -0.318. The highest BCUT2D eigenvalue weighted by Gasteiger charge is 2.29. The van der Waals surface area contributed by atoms with Crippen molar-refractivity contribution in [2.45, 2.75) is 40.2 Å². The number of amides is 2. The summed E-state index contributed by atoms with van der Waals surface area (Å²) in [7, 11) is 0. The van der Waals surface area contributed by atoms with Gasteiger partial charge in [0, 0.05) is 13.1 Å². The topological polar surface area (TPSA) is 52.6 Å². The van der Waals surface area contributed by atoms with Crippen molar-refractivity contribution in [1.29, 1.82) is 0 Å². The molecule has 4 nitrogen and oxygen atoms in total. The van der Waals surface area contributed by atoms with E-state index >= 15 is 0 Å². The number of aliphatic hydroxyl groups is 1. The van der Waals surface area contributed by atoms with E-state index in [1.807, 2.05) is 33.8 Å². The zero-order valence-corrected chi connectivity index (χ0v) is 13.9. The van der Waals surface area contributed by atoms with Crippen molar-refractivity contribution in [3.8, 4) is 0 Å². The van der Waals surface area contributed by atoms with Crippen molar-refractivity contribution >= 4 is 6.03 Å². The number of rotatable bonds is 6. The lowest BCUT2D eigenvalue weighted by molar-refractivity contribution is 0.163. The number of carbonyl (C=O) groups is 1. The summed E-state index contributed by atoms with van der Waals surface area (Å²) in [5.41, 5.74) is 0.474. The maximum Gasteiger partial charge on any atom is 0.317 e. The monoisotopic (exact) mass is 310 g/mol. The largest absolute Gasteiger partial charge is 0.395 e. The molecule has 1 aromatic rings. The molecule has 1 atom stereocenters. The number of nitrogens with one attached hydrogen (secondary N) is 1. The van der Waals surface area contributed by atoms with E-state index in [4.69, 9.17) is 5.11 Å². The molecule has 1 unspecified atom stereocenters. The van der Waals surface area contributed by atoms with Crippen LogP contribution in [0.25, 0.3) is 0 Å². The minimum absolute atomic E-state index is 0.0758. The highest BCUT2D eigenvalue weighted by atomic mass is 19.1. The van der Waals surface area contributed by atoms with E-state index in [0.717, 1.165) is 12.0 Å². The van der Waals surface area contributed by atoms with Crippen LogP contribution in [0, 0.1) is 11.2 Å². The van der Waals surface area contributed by atoms with Gasteiger partial charge < -0.3 is 15.3 Å². The van der Waals surface area contributed by atoms with Crippen molar-refractivity contribution in [1.82, 2.24) is 10.2 Å². The minimum atomic E-state index is -0.318. The normalized spacial score (nSPS) is 12.8. The van der Waals surface area contributed by atoms with Gasteiger partial charge in [-0.05, 0) is 29.5 Å². The molecule has 1 aromatic carbocycles. The molecule has 1 rings (SSSR count). The Labute approximate surface area is 132 Å². The molecule has 0 aliphatic heterocycles. The van der Waals surface area contributed by atoms with E-state index in [-0.39, 0.29) is 29.9 Å². The van der Waals surface area contributed by atoms with Crippen LogP contribution in [0.4, 0.5) is 9.18 Å². The Hall–Kier alpha value is -1.62. The SMILES string of the molecule is CCCN(CCO)C(=O)NC(c1cccc(F)c1)C(C)(C)C. The number of nitrogens with zero attached hydrogens (tertiary/aromatic N) is 1. The quantitative estimate of drug-likeness (QED) is 0.847. The molecule has 0 bridgehead atoms. The van der Waals surface area contributed by atoms with Gasteiger partial charge in [-0.25, -0.2) is 9.18 Å². The van der Waals surface area contributed by atoms with Crippen molar-refractivity contribution in [3.63, 3.8) is 0 Å². The van der Waals surface area contributed by atoms with Gasteiger partial charge in [-0.1, -0.05) is 39.8 Å². The lowest BCUT2D eigenvalue weighted by Crippen LogP contribution is -2.46. The fourth-order valence-electron chi connectivity index (χ4n) is 2.41. The van der Waals surface area contributed by atoms with Crippen LogP contribution in [0.2, 0.25) is 0 Å². The Balaban J connectivity index is 2.97.